The first-order chi connectivity index (χ1) is 12.9. The number of aromatic carboxylic acids is 1. The highest BCUT2D eigenvalue weighted by Crippen LogP contribution is 2.28. The summed E-state index contributed by atoms with van der Waals surface area (Å²) in [5.41, 5.74) is -0.454. The summed E-state index contributed by atoms with van der Waals surface area (Å²) < 4.78 is 39.4. The maximum atomic E-state index is 14.0. The van der Waals surface area contributed by atoms with Crippen LogP contribution in [0.3, 0.4) is 0 Å². The number of rotatable bonds is 5. The van der Waals surface area contributed by atoms with Crippen molar-refractivity contribution in [2.75, 3.05) is 11.6 Å². The minimum absolute atomic E-state index is 0.0144. The zero-order chi connectivity index (χ0) is 19.6. The van der Waals surface area contributed by atoms with Gasteiger partial charge in [0, 0.05) is 5.69 Å². The summed E-state index contributed by atoms with van der Waals surface area (Å²) in [5.74, 6) is -3.03. The van der Waals surface area contributed by atoms with E-state index in [-0.39, 0.29) is 11.4 Å². The number of hydrogen-bond donors (Lipinski definition) is 2. The molecule has 0 amide bonds. The van der Waals surface area contributed by atoms with E-state index in [9.17, 15) is 23.2 Å². The van der Waals surface area contributed by atoms with Crippen LogP contribution in [-0.2, 0) is 11.2 Å². The lowest BCUT2D eigenvalue weighted by molar-refractivity contribution is 0.0690. The number of hydrogen-bond acceptors (Lipinski definition) is 5. The van der Waals surface area contributed by atoms with E-state index in [2.05, 4.69) is 15.5 Å². The molecule has 0 radical (unpaired) electrons. The normalized spacial score (nSPS) is 11.9. The third-order valence-electron chi connectivity index (χ3n) is 3.68. The van der Waals surface area contributed by atoms with Crippen LogP contribution in [-0.4, -0.2) is 32.1 Å². The van der Waals surface area contributed by atoms with Crippen LogP contribution >= 0.6 is 0 Å². The van der Waals surface area contributed by atoms with Crippen LogP contribution < -0.4 is 5.32 Å². The Kier molecular flexibility index (Phi) is 5.33. The number of nitrogens with one attached hydrogen (secondary N) is 1. The summed E-state index contributed by atoms with van der Waals surface area (Å²) in [7, 11) is 0. The highest BCUT2D eigenvalue weighted by atomic mass is 32.2. The van der Waals surface area contributed by atoms with E-state index in [0.29, 0.717) is 10.6 Å². The molecule has 1 atom stereocenters. The quantitative estimate of drug-likeness (QED) is 0.647. The Balaban J connectivity index is 2.03. The fourth-order valence-electron chi connectivity index (χ4n) is 2.40. The Hall–Kier alpha value is -3.04. The number of carbonyl (C=O) groups is 1. The van der Waals surface area contributed by atoms with E-state index in [1.54, 1.807) is 24.3 Å². The van der Waals surface area contributed by atoms with Crippen molar-refractivity contribution < 1.29 is 23.2 Å². The van der Waals surface area contributed by atoms with Crippen LogP contribution in [0.15, 0.2) is 53.4 Å². The first kappa shape index (κ1) is 18.7. The Bertz CT molecular complexity index is 977. The van der Waals surface area contributed by atoms with Gasteiger partial charge in [-0.05, 0) is 53.6 Å². The lowest BCUT2D eigenvalue weighted by atomic mass is 10.1. The largest absolute Gasteiger partial charge is 0.612 e. The Morgan fingerprint density at radius 3 is 2.30 bits per heavy atom. The van der Waals surface area contributed by atoms with E-state index in [0.717, 1.165) is 12.1 Å². The summed E-state index contributed by atoms with van der Waals surface area (Å²) in [6.07, 6.45) is 1.53. The highest BCUT2D eigenvalue weighted by molar-refractivity contribution is 7.90. The van der Waals surface area contributed by atoms with Crippen molar-refractivity contribution in [3.63, 3.8) is 0 Å². The van der Waals surface area contributed by atoms with Crippen LogP contribution in [0.2, 0.25) is 0 Å². The van der Waals surface area contributed by atoms with Crippen molar-refractivity contribution in [3.05, 3.63) is 65.9 Å². The third kappa shape index (κ3) is 4.04. The predicted molar refractivity (Wildman–Crippen MR) is 96.4 cm³/mol. The molecular weight excluding hydrogens is 376 g/mol. The molecule has 0 aliphatic heterocycles. The molecule has 3 aromatic rings. The van der Waals surface area contributed by atoms with Gasteiger partial charge in [0.25, 0.3) is 0 Å². The zero-order valence-corrected chi connectivity index (χ0v) is 14.8. The number of nitrogens with zero attached hydrogens (tertiary/aromatic N) is 2. The SMILES string of the molecule is C[S+]([O-])c1ccc(Nc2cc(-c3c(F)cccc3F)nnc2C(=O)O)cc1. The van der Waals surface area contributed by atoms with Crippen LogP contribution in [0.4, 0.5) is 20.2 Å². The molecule has 2 aromatic carbocycles. The molecule has 138 valence electrons. The van der Waals surface area contributed by atoms with Gasteiger partial charge in [-0.15, -0.1) is 10.2 Å². The molecule has 6 nitrogen and oxygen atoms in total. The molecule has 0 saturated carbocycles. The van der Waals surface area contributed by atoms with Crippen molar-refractivity contribution in [1.29, 1.82) is 0 Å². The number of carboxylic acid groups (broad SMARTS) is 1. The molecule has 27 heavy (non-hydrogen) atoms. The van der Waals surface area contributed by atoms with Crippen LogP contribution in [0, 0.1) is 11.6 Å². The average molecular weight is 389 g/mol. The standard InChI is InChI=1S/C18H13F2N3O3S/c1-27(26)11-7-5-10(6-8-11)21-15-9-14(22-23-17(15)18(24)25)16-12(19)3-2-4-13(16)20/h2-9H,1H3,(H,21,22)(H,24,25). The second-order valence-electron chi connectivity index (χ2n) is 5.50. The van der Waals surface area contributed by atoms with Gasteiger partial charge in [-0.1, -0.05) is 6.07 Å². The summed E-state index contributed by atoms with van der Waals surface area (Å²) in [5, 5.41) is 19.4. The van der Waals surface area contributed by atoms with Gasteiger partial charge in [-0.2, -0.15) is 0 Å². The molecule has 3 rings (SSSR count). The molecule has 0 saturated heterocycles. The minimum atomic E-state index is -1.35. The smallest absolute Gasteiger partial charge is 0.358 e. The second-order valence-corrected chi connectivity index (χ2v) is 6.88. The van der Waals surface area contributed by atoms with Gasteiger partial charge in [0.1, 0.15) is 23.6 Å². The van der Waals surface area contributed by atoms with E-state index >= 15 is 0 Å². The lowest BCUT2D eigenvalue weighted by Crippen LogP contribution is -2.09. The van der Waals surface area contributed by atoms with E-state index in [4.69, 9.17) is 0 Å². The number of benzene rings is 2. The molecule has 0 aliphatic rings. The molecular formula is C18H13F2N3O3S. The summed E-state index contributed by atoms with van der Waals surface area (Å²) in [4.78, 5) is 12.0. The highest BCUT2D eigenvalue weighted by Gasteiger charge is 2.19. The molecule has 0 bridgehead atoms. The van der Waals surface area contributed by atoms with Crippen LogP contribution in [0.5, 0.6) is 0 Å². The Labute approximate surface area is 156 Å². The second kappa shape index (κ2) is 7.68. The topological polar surface area (TPSA) is 98.2 Å². The molecule has 1 unspecified atom stereocenters. The van der Waals surface area contributed by atoms with Crippen LogP contribution in [0.25, 0.3) is 11.3 Å². The monoisotopic (exact) mass is 389 g/mol. The molecule has 0 aliphatic carbocycles. The number of carboxylic acids is 1. The molecule has 0 fully saturated rings. The Morgan fingerprint density at radius 1 is 1.11 bits per heavy atom. The molecule has 0 spiro atoms. The minimum Gasteiger partial charge on any atom is -0.612 e. The Morgan fingerprint density at radius 2 is 1.74 bits per heavy atom. The first-order valence-electron chi connectivity index (χ1n) is 7.62. The molecule has 9 heteroatoms. The lowest BCUT2D eigenvalue weighted by Gasteiger charge is -2.12. The van der Waals surface area contributed by atoms with E-state index in [1.807, 2.05) is 0 Å². The first-order valence-corrected chi connectivity index (χ1v) is 9.18. The van der Waals surface area contributed by atoms with Crippen molar-refractivity contribution in [2.45, 2.75) is 4.90 Å². The summed E-state index contributed by atoms with van der Waals surface area (Å²) in [6, 6.07) is 11.0. The van der Waals surface area contributed by atoms with Gasteiger partial charge in [0.15, 0.2) is 10.6 Å². The summed E-state index contributed by atoms with van der Waals surface area (Å²) >= 11 is -1.16. The van der Waals surface area contributed by atoms with Crippen molar-refractivity contribution in [3.8, 4) is 11.3 Å². The zero-order valence-electron chi connectivity index (χ0n) is 13.9. The fourth-order valence-corrected chi connectivity index (χ4v) is 2.91. The number of halogens is 2. The van der Waals surface area contributed by atoms with Crippen molar-refractivity contribution in [1.82, 2.24) is 10.2 Å². The number of aromatic nitrogens is 2. The van der Waals surface area contributed by atoms with Gasteiger partial charge in [-0.3, -0.25) is 0 Å². The van der Waals surface area contributed by atoms with Gasteiger partial charge < -0.3 is 15.0 Å². The van der Waals surface area contributed by atoms with Crippen LogP contribution in [0.1, 0.15) is 10.5 Å². The van der Waals surface area contributed by atoms with Crippen molar-refractivity contribution >= 4 is 28.5 Å². The van der Waals surface area contributed by atoms with Gasteiger partial charge in [0.05, 0.1) is 11.3 Å². The molecule has 1 heterocycles. The van der Waals surface area contributed by atoms with Gasteiger partial charge in [0.2, 0.25) is 0 Å². The van der Waals surface area contributed by atoms with E-state index < -0.39 is 40.0 Å². The summed E-state index contributed by atoms with van der Waals surface area (Å²) in [6.45, 7) is 0. The molecule has 1 aromatic heterocycles. The van der Waals surface area contributed by atoms with Crippen molar-refractivity contribution in [2.24, 2.45) is 0 Å². The molecule has 2 N–H and O–H groups in total. The maximum absolute atomic E-state index is 14.0. The van der Waals surface area contributed by atoms with E-state index in [1.165, 1.54) is 18.4 Å². The predicted octanol–water partition coefficient (Wildman–Crippen LogP) is 3.60. The van der Waals surface area contributed by atoms with Gasteiger partial charge >= 0.3 is 5.97 Å². The van der Waals surface area contributed by atoms with Gasteiger partial charge in [-0.25, -0.2) is 13.6 Å². The third-order valence-corrected chi connectivity index (χ3v) is 4.62. The maximum Gasteiger partial charge on any atom is 0.358 e. The fraction of sp³-hybridized carbons (Fsp3) is 0.0556. The average Bonchev–Trinajstić information content (AvgIpc) is 2.62. The number of anilines is 2.